The normalized spacial score (nSPS) is 18.7. The molecule has 0 saturated carbocycles. The first kappa shape index (κ1) is 19.9. The lowest BCUT2D eigenvalue weighted by atomic mass is 9.91. The molecule has 1 rings (SSSR count). The number of rotatable bonds is 10. The van der Waals surface area contributed by atoms with Crippen LogP contribution in [0.15, 0.2) is 25.3 Å². The quantitative estimate of drug-likeness (QED) is 0.599. The van der Waals surface area contributed by atoms with Crippen LogP contribution in [0.3, 0.4) is 0 Å². The third kappa shape index (κ3) is 6.45. The Morgan fingerprint density at radius 2 is 1.87 bits per heavy atom. The van der Waals surface area contributed by atoms with E-state index in [0.29, 0.717) is 25.7 Å². The number of carbonyl (C=O) groups is 1. The van der Waals surface area contributed by atoms with Crippen molar-refractivity contribution in [3.8, 4) is 0 Å². The number of ether oxygens (including phenoxy) is 1. The highest BCUT2D eigenvalue weighted by Gasteiger charge is 2.28. The summed E-state index contributed by atoms with van der Waals surface area (Å²) in [6.45, 7) is 15.5. The summed E-state index contributed by atoms with van der Waals surface area (Å²) in [6.07, 6.45) is 5.49. The molecule has 1 heterocycles. The Labute approximate surface area is 140 Å². The van der Waals surface area contributed by atoms with Crippen LogP contribution < -0.4 is 11.1 Å². The van der Waals surface area contributed by atoms with Crippen LogP contribution in [0.5, 0.6) is 0 Å². The molecule has 0 radical (unpaired) electrons. The summed E-state index contributed by atoms with van der Waals surface area (Å²) in [7, 11) is 0. The first-order chi connectivity index (χ1) is 11.0. The molecule has 1 aliphatic heterocycles. The Morgan fingerprint density at radius 3 is 2.35 bits per heavy atom. The molecule has 0 aromatic carbocycles. The molecule has 0 aromatic heterocycles. The third-order valence-electron chi connectivity index (χ3n) is 4.53. The average molecular weight is 323 g/mol. The highest BCUT2D eigenvalue weighted by atomic mass is 16.5. The second-order valence-corrected chi connectivity index (χ2v) is 6.56. The maximum Gasteiger partial charge on any atom is 0.237 e. The summed E-state index contributed by atoms with van der Waals surface area (Å²) in [5, 5.41) is 3.04. The van der Waals surface area contributed by atoms with E-state index in [1.807, 2.05) is 12.2 Å². The minimum absolute atomic E-state index is 0.0558. The summed E-state index contributed by atoms with van der Waals surface area (Å²) in [5.74, 6) is 0.577. The lowest BCUT2D eigenvalue weighted by Crippen LogP contribution is -2.52. The molecule has 5 heteroatoms. The van der Waals surface area contributed by atoms with Gasteiger partial charge < -0.3 is 15.8 Å². The summed E-state index contributed by atoms with van der Waals surface area (Å²) < 4.78 is 5.33. The maximum absolute atomic E-state index is 12.4. The third-order valence-corrected chi connectivity index (χ3v) is 4.53. The number of nitrogens with zero attached hydrogens (tertiary/aromatic N) is 1. The van der Waals surface area contributed by atoms with Crippen LogP contribution >= 0.6 is 0 Å². The van der Waals surface area contributed by atoms with E-state index in [0.717, 1.165) is 25.9 Å². The Balaban J connectivity index is 2.57. The molecule has 1 fully saturated rings. The van der Waals surface area contributed by atoms with Crippen LogP contribution in [-0.2, 0) is 9.53 Å². The van der Waals surface area contributed by atoms with Crippen LogP contribution in [0.2, 0.25) is 0 Å². The van der Waals surface area contributed by atoms with Gasteiger partial charge in [-0.3, -0.25) is 9.69 Å². The molecule has 23 heavy (non-hydrogen) atoms. The predicted octanol–water partition coefficient (Wildman–Crippen LogP) is 1.56. The van der Waals surface area contributed by atoms with Gasteiger partial charge in [0.1, 0.15) is 0 Å². The standard InChI is InChI=1S/C18H33N3O2/c1-5-9-21(10-6-2)16(14(3)4)13-20-18(22)17(19)15-7-11-23-12-8-15/h5-6,14-17H,1-2,7-13,19H2,3-4H3,(H,20,22). The number of amides is 1. The molecule has 5 nitrogen and oxygen atoms in total. The Morgan fingerprint density at radius 1 is 1.30 bits per heavy atom. The van der Waals surface area contributed by atoms with Crippen molar-refractivity contribution >= 4 is 5.91 Å². The van der Waals surface area contributed by atoms with Crippen LogP contribution in [-0.4, -0.2) is 55.7 Å². The zero-order valence-electron chi connectivity index (χ0n) is 14.7. The van der Waals surface area contributed by atoms with Crippen molar-refractivity contribution in [3.63, 3.8) is 0 Å². The van der Waals surface area contributed by atoms with Gasteiger partial charge in [0, 0.05) is 38.9 Å². The van der Waals surface area contributed by atoms with E-state index in [1.54, 1.807) is 0 Å². The number of nitrogens with two attached hydrogens (primary N) is 1. The van der Waals surface area contributed by atoms with Crippen LogP contribution in [0.1, 0.15) is 26.7 Å². The van der Waals surface area contributed by atoms with Crippen LogP contribution in [0.25, 0.3) is 0 Å². The molecule has 3 N–H and O–H groups in total. The molecule has 1 aliphatic rings. The van der Waals surface area contributed by atoms with Gasteiger partial charge in [0.05, 0.1) is 6.04 Å². The van der Waals surface area contributed by atoms with Gasteiger partial charge in [0.25, 0.3) is 0 Å². The Bertz CT molecular complexity index is 368. The molecule has 1 saturated heterocycles. The highest BCUT2D eigenvalue weighted by molar-refractivity contribution is 5.81. The van der Waals surface area contributed by atoms with Crippen LogP contribution in [0.4, 0.5) is 0 Å². The average Bonchev–Trinajstić information content (AvgIpc) is 2.55. The number of hydrogen-bond donors (Lipinski definition) is 2. The molecule has 0 bridgehead atoms. The maximum atomic E-state index is 12.4. The van der Waals surface area contributed by atoms with E-state index in [2.05, 4.69) is 37.2 Å². The molecule has 0 aliphatic carbocycles. The van der Waals surface area contributed by atoms with Gasteiger partial charge in [0.2, 0.25) is 5.91 Å². The van der Waals surface area contributed by atoms with Crippen molar-refractivity contribution in [2.24, 2.45) is 17.6 Å². The van der Waals surface area contributed by atoms with Crippen molar-refractivity contribution in [1.29, 1.82) is 0 Å². The van der Waals surface area contributed by atoms with E-state index in [9.17, 15) is 4.79 Å². The molecule has 0 aromatic rings. The van der Waals surface area contributed by atoms with Gasteiger partial charge in [-0.15, -0.1) is 13.2 Å². The second kappa shape index (κ2) is 10.6. The molecule has 1 amide bonds. The first-order valence-electron chi connectivity index (χ1n) is 8.58. The number of carbonyl (C=O) groups excluding carboxylic acids is 1. The molecular formula is C18H33N3O2. The fourth-order valence-corrected chi connectivity index (χ4v) is 3.08. The van der Waals surface area contributed by atoms with Crippen molar-refractivity contribution in [2.45, 2.75) is 38.8 Å². The van der Waals surface area contributed by atoms with Crippen molar-refractivity contribution in [1.82, 2.24) is 10.2 Å². The van der Waals surface area contributed by atoms with E-state index < -0.39 is 6.04 Å². The van der Waals surface area contributed by atoms with E-state index in [1.165, 1.54) is 0 Å². The first-order valence-corrected chi connectivity index (χ1v) is 8.58. The van der Waals surface area contributed by atoms with E-state index in [4.69, 9.17) is 10.5 Å². The lowest BCUT2D eigenvalue weighted by Gasteiger charge is -2.34. The molecule has 2 atom stereocenters. The number of nitrogens with one attached hydrogen (secondary N) is 1. The summed E-state index contributed by atoms with van der Waals surface area (Å²) >= 11 is 0. The lowest BCUT2D eigenvalue weighted by molar-refractivity contribution is -0.124. The van der Waals surface area contributed by atoms with Crippen molar-refractivity contribution < 1.29 is 9.53 Å². The predicted molar refractivity (Wildman–Crippen MR) is 95.1 cm³/mol. The Kier molecular flexibility index (Phi) is 9.14. The molecular weight excluding hydrogens is 290 g/mol. The number of hydrogen-bond acceptors (Lipinski definition) is 4. The molecule has 0 spiro atoms. The highest BCUT2D eigenvalue weighted by Crippen LogP contribution is 2.18. The van der Waals surface area contributed by atoms with Gasteiger partial charge in [-0.1, -0.05) is 26.0 Å². The van der Waals surface area contributed by atoms with Gasteiger partial charge in [0.15, 0.2) is 0 Å². The molecule has 2 unspecified atom stereocenters. The van der Waals surface area contributed by atoms with E-state index >= 15 is 0 Å². The minimum atomic E-state index is -0.445. The summed E-state index contributed by atoms with van der Waals surface area (Å²) in [6, 6.07) is -0.212. The van der Waals surface area contributed by atoms with E-state index in [-0.39, 0.29) is 17.9 Å². The zero-order chi connectivity index (χ0) is 17.2. The van der Waals surface area contributed by atoms with Gasteiger partial charge >= 0.3 is 0 Å². The van der Waals surface area contributed by atoms with Crippen molar-refractivity contribution in [2.75, 3.05) is 32.8 Å². The smallest absolute Gasteiger partial charge is 0.237 e. The fourth-order valence-electron chi connectivity index (χ4n) is 3.08. The van der Waals surface area contributed by atoms with Gasteiger partial charge in [-0.2, -0.15) is 0 Å². The summed E-state index contributed by atoms with van der Waals surface area (Å²) in [5.41, 5.74) is 6.13. The SMILES string of the molecule is C=CCN(CC=C)C(CNC(=O)C(N)C1CCOCC1)C(C)C. The Hall–Kier alpha value is -1.17. The largest absolute Gasteiger partial charge is 0.381 e. The minimum Gasteiger partial charge on any atom is -0.381 e. The second-order valence-electron chi connectivity index (χ2n) is 6.56. The molecule has 132 valence electrons. The van der Waals surface area contributed by atoms with Gasteiger partial charge in [-0.05, 0) is 24.7 Å². The zero-order valence-corrected chi connectivity index (χ0v) is 14.7. The fraction of sp³-hybridized carbons (Fsp3) is 0.722. The topological polar surface area (TPSA) is 67.6 Å². The van der Waals surface area contributed by atoms with Crippen molar-refractivity contribution in [3.05, 3.63) is 25.3 Å². The monoisotopic (exact) mass is 323 g/mol. The van der Waals surface area contributed by atoms with Crippen LogP contribution in [0, 0.1) is 11.8 Å². The van der Waals surface area contributed by atoms with Gasteiger partial charge in [-0.25, -0.2) is 0 Å². The summed E-state index contributed by atoms with van der Waals surface area (Å²) in [4.78, 5) is 14.6.